The lowest BCUT2D eigenvalue weighted by Crippen LogP contribution is -2.14. The Morgan fingerprint density at radius 2 is 1.75 bits per heavy atom. The molecule has 2 aromatic rings. The second kappa shape index (κ2) is 4.93. The van der Waals surface area contributed by atoms with Gasteiger partial charge in [0.15, 0.2) is 0 Å². The van der Waals surface area contributed by atoms with E-state index in [1.54, 1.807) is 30.3 Å². The van der Waals surface area contributed by atoms with Crippen LogP contribution in [0.3, 0.4) is 0 Å². The lowest BCUT2D eigenvalue weighted by atomic mass is 10.1. The topological polar surface area (TPSA) is 41.5 Å². The fourth-order valence-electron chi connectivity index (χ4n) is 2.06. The van der Waals surface area contributed by atoms with Crippen molar-refractivity contribution >= 4 is 46.2 Å². The zero-order valence-electron chi connectivity index (χ0n) is 10.6. The van der Waals surface area contributed by atoms with E-state index in [-0.39, 0.29) is 5.91 Å². The number of anilines is 1. The van der Waals surface area contributed by atoms with Gasteiger partial charge in [0.2, 0.25) is 0 Å². The molecule has 1 N–H and O–H groups in total. The van der Waals surface area contributed by atoms with Gasteiger partial charge in [-0.2, -0.15) is 0 Å². The zero-order chi connectivity index (χ0) is 14.3. The minimum absolute atomic E-state index is 0.235. The number of fused-ring (bicyclic) bond motifs is 1. The minimum Gasteiger partial charge on any atom is -0.320 e. The monoisotopic (exact) mass is 304 g/mol. The molecule has 5 heteroatoms. The van der Waals surface area contributed by atoms with Gasteiger partial charge in [0.25, 0.3) is 5.91 Å². The van der Waals surface area contributed by atoms with E-state index in [9.17, 15) is 4.79 Å². The van der Waals surface area contributed by atoms with E-state index in [0.29, 0.717) is 27.0 Å². The molecule has 0 spiro atoms. The fraction of sp³-hybridized carbons (Fsp3) is 0.0667. The van der Waals surface area contributed by atoms with Crippen LogP contribution in [0.25, 0.3) is 0 Å². The van der Waals surface area contributed by atoms with Crippen LogP contribution >= 0.6 is 23.2 Å². The number of aliphatic imine (C=N–C) groups is 1. The number of aryl methyl sites for hydroxylation is 1. The summed E-state index contributed by atoms with van der Waals surface area (Å²) in [6.45, 7) is 1.92. The Balaban J connectivity index is 2.15. The largest absolute Gasteiger partial charge is 0.320 e. The molecule has 0 atom stereocenters. The molecule has 1 aliphatic heterocycles. The van der Waals surface area contributed by atoms with Crippen LogP contribution in [0.15, 0.2) is 41.4 Å². The lowest BCUT2D eigenvalue weighted by Gasteiger charge is -2.02. The second-order valence-corrected chi connectivity index (χ2v) is 5.41. The molecule has 0 aromatic heterocycles. The summed E-state index contributed by atoms with van der Waals surface area (Å²) < 4.78 is 0. The predicted octanol–water partition coefficient (Wildman–Crippen LogP) is 4.37. The number of carbonyl (C=O) groups is 1. The Labute approximate surface area is 126 Å². The van der Waals surface area contributed by atoms with Gasteiger partial charge in [-0.3, -0.25) is 4.79 Å². The number of carbonyl (C=O) groups excluding carboxylic acids is 1. The van der Waals surface area contributed by atoms with Crippen molar-refractivity contribution in [1.82, 2.24) is 0 Å². The van der Waals surface area contributed by atoms with Gasteiger partial charge < -0.3 is 5.32 Å². The Kier molecular flexibility index (Phi) is 3.24. The summed E-state index contributed by atoms with van der Waals surface area (Å²) >= 11 is 12.0. The summed E-state index contributed by atoms with van der Waals surface area (Å²) in [5, 5.41) is 3.92. The molecule has 100 valence electrons. The van der Waals surface area contributed by atoms with E-state index in [2.05, 4.69) is 10.3 Å². The van der Waals surface area contributed by atoms with E-state index >= 15 is 0 Å². The van der Waals surface area contributed by atoms with Crippen molar-refractivity contribution in [2.45, 2.75) is 6.92 Å². The van der Waals surface area contributed by atoms with Crippen molar-refractivity contribution in [3.63, 3.8) is 0 Å². The van der Waals surface area contributed by atoms with Gasteiger partial charge in [0.05, 0.1) is 11.4 Å². The molecule has 0 saturated carbocycles. The van der Waals surface area contributed by atoms with Crippen molar-refractivity contribution in [3.8, 4) is 0 Å². The molecular weight excluding hydrogens is 295 g/mol. The smallest absolute Gasteiger partial charge is 0.275 e. The molecule has 0 fully saturated rings. The summed E-state index contributed by atoms with van der Waals surface area (Å²) in [7, 11) is 0. The van der Waals surface area contributed by atoms with Crippen molar-refractivity contribution in [2.75, 3.05) is 5.32 Å². The number of hydrogen-bond donors (Lipinski definition) is 1. The molecule has 3 nitrogen and oxygen atoms in total. The third-order valence-electron chi connectivity index (χ3n) is 3.10. The molecule has 2 aromatic carbocycles. The lowest BCUT2D eigenvalue weighted by molar-refractivity contribution is -0.110. The first-order valence-corrected chi connectivity index (χ1v) is 6.76. The van der Waals surface area contributed by atoms with Crippen LogP contribution in [0.4, 0.5) is 11.4 Å². The summed E-state index contributed by atoms with van der Waals surface area (Å²) in [5.41, 5.74) is 3.41. The van der Waals surface area contributed by atoms with Gasteiger partial charge in [0.1, 0.15) is 5.71 Å². The number of rotatable bonds is 1. The fourth-order valence-corrected chi connectivity index (χ4v) is 2.40. The number of benzene rings is 2. The van der Waals surface area contributed by atoms with Gasteiger partial charge in [0, 0.05) is 15.6 Å². The van der Waals surface area contributed by atoms with Crippen molar-refractivity contribution in [2.24, 2.45) is 4.99 Å². The molecule has 3 rings (SSSR count). The highest BCUT2D eigenvalue weighted by Crippen LogP contribution is 2.30. The summed E-state index contributed by atoms with van der Waals surface area (Å²) in [6.07, 6.45) is 0. The third kappa shape index (κ3) is 2.30. The zero-order valence-corrected chi connectivity index (χ0v) is 12.1. The van der Waals surface area contributed by atoms with Gasteiger partial charge in [-0.25, -0.2) is 4.99 Å². The first-order chi connectivity index (χ1) is 9.54. The maximum atomic E-state index is 12.0. The van der Waals surface area contributed by atoms with Crippen LogP contribution in [0.1, 0.15) is 11.1 Å². The Morgan fingerprint density at radius 1 is 1.05 bits per heavy atom. The minimum atomic E-state index is -0.235. The number of amides is 1. The van der Waals surface area contributed by atoms with E-state index in [1.807, 2.05) is 13.0 Å². The summed E-state index contributed by atoms with van der Waals surface area (Å²) in [6, 6.07) is 10.6. The maximum Gasteiger partial charge on any atom is 0.275 e. The predicted molar refractivity (Wildman–Crippen MR) is 82.5 cm³/mol. The van der Waals surface area contributed by atoms with Crippen LogP contribution in [0.5, 0.6) is 0 Å². The normalized spacial score (nSPS) is 15.3. The van der Waals surface area contributed by atoms with Crippen LogP contribution in [-0.4, -0.2) is 11.6 Å². The second-order valence-electron chi connectivity index (χ2n) is 4.54. The standard InChI is InChI=1S/C15H10Cl2N2O/c1-8-2-3-10(17)7-13(8)18-14-11-6-9(16)4-5-12(11)19-15(14)20/h2-7H,1H3,(H,18,19,20). The Morgan fingerprint density at radius 3 is 2.55 bits per heavy atom. The van der Waals surface area contributed by atoms with E-state index in [4.69, 9.17) is 23.2 Å². The van der Waals surface area contributed by atoms with Crippen LogP contribution in [0, 0.1) is 6.92 Å². The molecule has 0 bridgehead atoms. The Bertz CT molecular complexity index is 754. The van der Waals surface area contributed by atoms with Gasteiger partial charge >= 0.3 is 0 Å². The number of nitrogens with one attached hydrogen (secondary N) is 1. The summed E-state index contributed by atoms with van der Waals surface area (Å²) in [5.74, 6) is -0.235. The van der Waals surface area contributed by atoms with E-state index < -0.39 is 0 Å². The summed E-state index contributed by atoms with van der Waals surface area (Å²) in [4.78, 5) is 16.5. The van der Waals surface area contributed by atoms with Gasteiger partial charge in [-0.15, -0.1) is 0 Å². The molecule has 0 aliphatic carbocycles. The van der Waals surface area contributed by atoms with Crippen LogP contribution in [-0.2, 0) is 4.79 Å². The van der Waals surface area contributed by atoms with Crippen LogP contribution < -0.4 is 5.32 Å². The van der Waals surface area contributed by atoms with E-state index in [0.717, 1.165) is 11.3 Å². The first kappa shape index (κ1) is 13.2. The highest BCUT2D eigenvalue weighted by molar-refractivity contribution is 6.54. The Hall–Kier alpha value is -1.84. The van der Waals surface area contributed by atoms with E-state index in [1.165, 1.54) is 0 Å². The van der Waals surface area contributed by atoms with Crippen molar-refractivity contribution < 1.29 is 4.79 Å². The van der Waals surface area contributed by atoms with Gasteiger partial charge in [-0.05, 0) is 42.8 Å². The SMILES string of the molecule is Cc1ccc(Cl)cc1N=C1C(=O)Nc2ccc(Cl)cc21. The number of halogens is 2. The molecular formula is C15H10Cl2N2O. The first-order valence-electron chi connectivity index (χ1n) is 6.01. The number of nitrogens with zero attached hydrogens (tertiary/aromatic N) is 1. The molecule has 0 unspecified atom stereocenters. The quantitative estimate of drug-likeness (QED) is 0.835. The molecule has 1 amide bonds. The molecule has 0 saturated heterocycles. The number of hydrogen-bond acceptors (Lipinski definition) is 2. The van der Waals surface area contributed by atoms with Crippen molar-refractivity contribution in [3.05, 3.63) is 57.6 Å². The molecule has 1 heterocycles. The van der Waals surface area contributed by atoms with Crippen LogP contribution in [0.2, 0.25) is 10.0 Å². The molecule has 20 heavy (non-hydrogen) atoms. The molecule has 0 radical (unpaired) electrons. The average molecular weight is 305 g/mol. The molecule has 1 aliphatic rings. The average Bonchev–Trinajstić information content (AvgIpc) is 2.70. The van der Waals surface area contributed by atoms with Crippen molar-refractivity contribution in [1.29, 1.82) is 0 Å². The third-order valence-corrected chi connectivity index (χ3v) is 3.57. The highest BCUT2D eigenvalue weighted by Gasteiger charge is 2.26. The maximum absolute atomic E-state index is 12.0. The van der Waals surface area contributed by atoms with Gasteiger partial charge in [-0.1, -0.05) is 29.3 Å². The highest BCUT2D eigenvalue weighted by atomic mass is 35.5.